The summed E-state index contributed by atoms with van der Waals surface area (Å²) in [6.45, 7) is 4.52. The normalized spacial score (nSPS) is 17.8. The van der Waals surface area contributed by atoms with Gasteiger partial charge in [0.15, 0.2) is 5.13 Å². The Labute approximate surface area is 186 Å². The zero-order valence-corrected chi connectivity index (χ0v) is 18.9. The highest BCUT2D eigenvalue weighted by molar-refractivity contribution is 7.89. The van der Waals surface area contributed by atoms with E-state index in [1.54, 1.807) is 22.3 Å². The van der Waals surface area contributed by atoms with Crippen LogP contribution >= 0.6 is 11.3 Å². The summed E-state index contributed by atoms with van der Waals surface area (Å²) in [4.78, 5) is 20.6. The number of fused-ring (bicyclic) bond motifs is 1. The number of hydrogen-bond donors (Lipinski definition) is 0. The first-order chi connectivity index (χ1) is 14.9. The fourth-order valence-corrected chi connectivity index (χ4v) is 6.90. The third-order valence-electron chi connectivity index (χ3n) is 5.90. The van der Waals surface area contributed by atoms with Crippen LogP contribution in [0.25, 0.3) is 0 Å². The smallest absolute Gasteiger partial charge is 0.245 e. The first-order valence-corrected chi connectivity index (χ1v) is 12.8. The second kappa shape index (κ2) is 9.18. The van der Waals surface area contributed by atoms with Gasteiger partial charge in [0, 0.05) is 30.4 Å². The topological polar surface area (TPSA) is 70.6 Å². The third-order valence-corrected chi connectivity index (χ3v) is 9.01. The van der Waals surface area contributed by atoms with Gasteiger partial charge in [-0.2, -0.15) is 4.31 Å². The van der Waals surface area contributed by atoms with E-state index in [-0.39, 0.29) is 29.8 Å². The summed E-state index contributed by atoms with van der Waals surface area (Å²) in [5, 5.41) is 0.707. The number of carbonyl (C=O) groups excluding carboxylic acids is 1. The van der Waals surface area contributed by atoms with Gasteiger partial charge in [-0.15, -0.1) is 17.9 Å². The largest absolute Gasteiger partial charge is 0.284 e. The molecule has 1 aromatic carbocycles. The van der Waals surface area contributed by atoms with Crippen LogP contribution in [0.2, 0.25) is 0 Å². The number of piperidine rings is 1. The van der Waals surface area contributed by atoms with Gasteiger partial charge in [-0.3, -0.25) is 9.69 Å². The summed E-state index contributed by atoms with van der Waals surface area (Å²) in [5.41, 5.74) is 1.10. The number of aryl methyl sites for hydroxylation is 2. The number of rotatable bonds is 6. The van der Waals surface area contributed by atoms with Gasteiger partial charge in [-0.1, -0.05) is 18.2 Å². The number of sulfonamides is 1. The summed E-state index contributed by atoms with van der Waals surface area (Å²) >= 11 is 1.58. The first-order valence-electron chi connectivity index (χ1n) is 10.6. The maximum atomic E-state index is 14.0. The quantitative estimate of drug-likeness (QED) is 0.612. The van der Waals surface area contributed by atoms with Crippen LogP contribution in [-0.4, -0.2) is 43.2 Å². The zero-order chi connectivity index (χ0) is 22.0. The van der Waals surface area contributed by atoms with Crippen LogP contribution < -0.4 is 4.90 Å². The number of nitrogens with zero attached hydrogens (tertiary/aromatic N) is 3. The lowest BCUT2D eigenvalue weighted by atomic mass is 9.96. The van der Waals surface area contributed by atoms with Gasteiger partial charge in [-0.05, 0) is 50.7 Å². The molecule has 2 heterocycles. The Hall–Kier alpha value is -2.10. The van der Waals surface area contributed by atoms with Crippen molar-refractivity contribution in [3.63, 3.8) is 0 Å². The van der Waals surface area contributed by atoms with Crippen molar-refractivity contribution in [3.8, 4) is 0 Å². The Balaban J connectivity index is 1.47. The van der Waals surface area contributed by atoms with E-state index in [4.69, 9.17) is 4.98 Å². The molecule has 0 bridgehead atoms. The van der Waals surface area contributed by atoms with E-state index in [1.807, 2.05) is 0 Å². The van der Waals surface area contributed by atoms with E-state index < -0.39 is 15.8 Å². The maximum absolute atomic E-state index is 14.0. The minimum absolute atomic E-state index is 0.0473. The summed E-state index contributed by atoms with van der Waals surface area (Å²) in [5.74, 6) is -1.10. The molecule has 0 saturated carbocycles. The highest BCUT2D eigenvalue weighted by Crippen LogP contribution is 2.34. The van der Waals surface area contributed by atoms with Crippen molar-refractivity contribution in [2.45, 2.75) is 43.4 Å². The van der Waals surface area contributed by atoms with E-state index in [0.717, 1.165) is 37.4 Å². The molecule has 1 fully saturated rings. The summed E-state index contributed by atoms with van der Waals surface area (Å²) < 4.78 is 41.0. The molecule has 9 heteroatoms. The van der Waals surface area contributed by atoms with Crippen LogP contribution in [-0.2, 0) is 27.7 Å². The molecule has 0 radical (unpaired) electrons. The molecule has 1 aliphatic carbocycles. The van der Waals surface area contributed by atoms with Crippen LogP contribution in [0.15, 0.2) is 41.8 Å². The number of carbonyl (C=O) groups is 1. The van der Waals surface area contributed by atoms with Gasteiger partial charge in [-0.25, -0.2) is 17.8 Å². The van der Waals surface area contributed by atoms with Gasteiger partial charge in [0.1, 0.15) is 10.7 Å². The molecule has 1 aliphatic heterocycles. The van der Waals surface area contributed by atoms with Crippen molar-refractivity contribution in [1.29, 1.82) is 0 Å². The average molecular weight is 464 g/mol. The van der Waals surface area contributed by atoms with Gasteiger partial charge in [0.2, 0.25) is 15.9 Å². The van der Waals surface area contributed by atoms with Gasteiger partial charge in [0.05, 0.1) is 5.69 Å². The van der Waals surface area contributed by atoms with Crippen molar-refractivity contribution < 1.29 is 17.6 Å². The molecule has 1 aromatic heterocycles. The molecular formula is C22H26FN3O3S2. The summed E-state index contributed by atoms with van der Waals surface area (Å²) in [6.07, 6.45) is 6.72. The third kappa shape index (κ3) is 4.44. The minimum atomic E-state index is -3.92. The average Bonchev–Trinajstić information content (AvgIpc) is 3.21. The summed E-state index contributed by atoms with van der Waals surface area (Å²) in [6, 6.07) is 5.39. The monoisotopic (exact) mass is 463 g/mol. The first kappa shape index (κ1) is 22.1. The molecule has 6 nitrogen and oxygen atoms in total. The van der Waals surface area contributed by atoms with Crippen molar-refractivity contribution >= 4 is 32.4 Å². The molecule has 31 heavy (non-hydrogen) atoms. The number of aromatic nitrogens is 1. The van der Waals surface area contributed by atoms with E-state index in [2.05, 4.69) is 6.58 Å². The van der Waals surface area contributed by atoms with Gasteiger partial charge >= 0.3 is 0 Å². The highest BCUT2D eigenvalue weighted by atomic mass is 32.2. The lowest BCUT2D eigenvalue weighted by Gasteiger charge is -2.32. The molecular weight excluding hydrogens is 437 g/mol. The SMILES string of the molecule is C=CCN(C(=O)C1CCN(S(=O)(=O)c2ccccc2F)CC1)c1nc2c(s1)CCCC2. The van der Waals surface area contributed by atoms with E-state index in [1.165, 1.54) is 27.4 Å². The fraction of sp³-hybridized carbons (Fsp3) is 0.455. The van der Waals surface area contributed by atoms with Crippen molar-refractivity contribution in [3.05, 3.63) is 53.3 Å². The Kier molecular flexibility index (Phi) is 6.55. The molecule has 0 N–H and O–H groups in total. The predicted molar refractivity (Wildman–Crippen MR) is 119 cm³/mol. The predicted octanol–water partition coefficient (Wildman–Crippen LogP) is 3.78. The van der Waals surface area contributed by atoms with Crippen molar-refractivity contribution in [1.82, 2.24) is 9.29 Å². The number of anilines is 1. The van der Waals surface area contributed by atoms with Crippen LogP contribution in [0.5, 0.6) is 0 Å². The van der Waals surface area contributed by atoms with Crippen molar-refractivity contribution in [2.75, 3.05) is 24.5 Å². The molecule has 166 valence electrons. The molecule has 1 saturated heterocycles. The Morgan fingerprint density at radius 1 is 1.26 bits per heavy atom. The number of amides is 1. The number of hydrogen-bond acceptors (Lipinski definition) is 5. The molecule has 4 rings (SSSR count). The van der Waals surface area contributed by atoms with E-state index in [9.17, 15) is 17.6 Å². The van der Waals surface area contributed by atoms with E-state index in [0.29, 0.717) is 24.5 Å². The van der Waals surface area contributed by atoms with Gasteiger partial charge in [0.25, 0.3) is 0 Å². The Morgan fingerprint density at radius 3 is 2.65 bits per heavy atom. The maximum Gasteiger partial charge on any atom is 0.245 e. The Bertz CT molecular complexity index is 1050. The fourth-order valence-electron chi connectivity index (χ4n) is 4.20. The number of halogens is 1. The Morgan fingerprint density at radius 2 is 1.97 bits per heavy atom. The molecule has 0 atom stereocenters. The van der Waals surface area contributed by atoms with Crippen LogP contribution in [0, 0.1) is 11.7 Å². The standard InChI is InChI=1S/C22H26FN3O3S2/c1-2-13-26(22-24-18-8-4-5-9-19(18)30-22)21(27)16-11-14-25(15-12-16)31(28,29)20-10-6-3-7-17(20)23/h2-3,6-7,10,16H,1,4-5,8-9,11-15H2. The molecule has 2 aliphatic rings. The van der Waals surface area contributed by atoms with Crippen LogP contribution in [0.1, 0.15) is 36.3 Å². The lowest BCUT2D eigenvalue weighted by Crippen LogP contribution is -2.44. The van der Waals surface area contributed by atoms with Crippen LogP contribution in [0.3, 0.4) is 0 Å². The van der Waals surface area contributed by atoms with Crippen LogP contribution in [0.4, 0.5) is 9.52 Å². The number of benzene rings is 1. The molecule has 0 unspecified atom stereocenters. The van der Waals surface area contributed by atoms with Gasteiger partial charge < -0.3 is 0 Å². The number of thiazole rings is 1. The summed E-state index contributed by atoms with van der Waals surface area (Å²) in [7, 11) is -3.92. The highest BCUT2D eigenvalue weighted by Gasteiger charge is 2.35. The zero-order valence-electron chi connectivity index (χ0n) is 17.3. The van der Waals surface area contributed by atoms with E-state index >= 15 is 0 Å². The minimum Gasteiger partial charge on any atom is -0.284 e. The second-order valence-electron chi connectivity index (χ2n) is 7.92. The lowest BCUT2D eigenvalue weighted by molar-refractivity contribution is -0.123. The second-order valence-corrected chi connectivity index (χ2v) is 10.9. The molecule has 0 spiro atoms. The molecule has 2 aromatic rings. The molecule has 1 amide bonds. The van der Waals surface area contributed by atoms with Crippen molar-refractivity contribution in [2.24, 2.45) is 5.92 Å².